The normalized spacial score (nSPS) is 14.7. The molecule has 4 unspecified atom stereocenters. The summed E-state index contributed by atoms with van der Waals surface area (Å²) in [5.41, 5.74) is 0. The molecule has 0 rings (SSSR count). The maximum Gasteiger partial charge on any atom is 0.249 e. The van der Waals surface area contributed by atoms with Gasteiger partial charge in [0.15, 0.2) is 0 Å². The number of allylic oxidation sites excluding steroid dienone is 4. The number of hydrogen-bond acceptors (Lipinski definition) is 5. The number of amides is 1. The first kappa shape index (κ1) is 43.8. The van der Waals surface area contributed by atoms with Gasteiger partial charge in [-0.15, -0.1) is 0 Å². The highest BCUT2D eigenvalue weighted by atomic mass is 16.3. The molecule has 0 heterocycles. The van der Waals surface area contributed by atoms with Crippen molar-refractivity contribution in [3.8, 4) is 0 Å². The molecule has 0 aliphatic heterocycles. The second-order valence-corrected chi connectivity index (χ2v) is 13.3. The van der Waals surface area contributed by atoms with Gasteiger partial charge in [0.2, 0.25) is 5.91 Å². The summed E-state index contributed by atoms with van der Waals surface area (Å²) in [5, 5.41) is 43.4. The third-order valence-electron chi connectivity index (χ3n) is 8.89. The molecule has 0 radical (unpaired) electrons. The summed E-state index contributed by atoms with van der Waals surface area (Å²) in [4.78, 5) is 12.4. The van der Waals surface area contributed by atoms with Crippen LogP contribution in [0.1, 0.15) is 187 Å². The summed E-state index contributed by atoms with van der Waals surface area (Å²) in [7, 11) is 0. The molecule has 0 aliphatic carbocycles. The van der Waals surface area contributed by atoms with Crippen molar-refractivity contribution in [2.45, 2.75) is 212 Å². The largest absolute Gasteiger partial charge is 0.394 e. The van der Waals surface area contributed by atoms with E-state index in [-0.39, 0.29) is 0 Å². The molecule has 5 N–H and O–H groups in total. The molecule has 0 fully saturated rings. The molecule has 0 aromatic rings. The molecular weight excluding hydrogens is 562 g/mol. The zero-order valence-electron chi connectivity index (χ0n) is 29.6. The Morgan fingerprint density at radius 3 is 1.40 bits per heavy atom. The minimum atomic E-state index is -1.28. The summed E-state index contributed by atoms with van der Waals surface area (Å²) in [5.74, 6) is -0.598. The molecule has 0 saturated carbocycles. The number of rotatable bonds is 34. The van der Waals surface area contributed by atoms with Crippen LogP contribution in [0.3, 0.4) is 0 Å². The van der Waals surface area contributed by atoms with Gasteiger partial charge in [0.25, 0.3) is 0 Å². The van der Waals surface area contributed by atoms with E-state index in [4.69, 9.17) is 0 Å². The van der Waals surface area contributed by atoms with Gasteiger partial charge in [0, 0.05) is 0 Å². The van der Waals surface area contributed by atoms with E-state index in [2.05, 4.69) is 43.5 Å². The molecule has 6 nitrogen and oxygen atoms in total. The average Bonchev–Trinajstić information content (AvgIpc) is 3.04. The van der Waals surface area contributed by atoms with E-state index in [1.807, 2.05) is 0 Å². The van der Waals surface area contributed by atoms with Crippen LogP contribution in [-0.2, 0) is 4.79 Å². The zero-order chi connectivity index (χ0) is 33.2. The molecule has 6 heteroatoms. The molecule has 266 valence electrons. The van der Waals surface area contributed by atoms with Crippen LogP contribution in [0.4, 0.5) is 0 Å². The van der Waals surface area contributed by atoms with Crippen molar-refractivity contribution in [3.05, 3.63) is 24.3 Å². The van der Waals surface area contributed by atoms with E-state index in [1.165, 1.54) is 109 Å². The molecule has 4 atom stereocenters. The van der Waals surface area contributed by atoms with E-state index in [0.29, 0.717) is 19.3 Å². The van der Waals surface area contributed by atoms with E-state index in [9.17, 15) is 25.2 Å². The highest BCUT2D eigenvalue weighted by molar-refractivity contribution is 5.80. The molecule has 0 aromatic heterocycles. The standard InChI is InChI=1S/C39H75NO5/c1-3-5-7-9-11-13-15-17-18-19-21-23-25-27-29-31-33-37(43)39(45)40-35(34-41)38(44)36(42)32-30-28-26-24-22-20-16-14-12-10-8-6-4-2/h14,16,24,26,35-38,41-44H,3-13,15,17-23,25,27-34H2,1-2H3,(H,40,45)/b16-14+,26-24+. The Kier molecular flexibility index (Phi) is 33.2. The van der Waals surface area contributed by atoms with Crippen molar-refractivity contribution in [2.75, 3.05) is 6.61 Å². The van der Waals surface area contributed by atoms with Crippen molar-refractivity contribution >= 4 is 5.91 Å². The highest BCUT2D eigenvalue weighted by Crippen LogP contribution is 2.15. The van der Waals surface area contributed by atoms with Crippen molar-refractivity contribution in [1.29, 1.82) is 0 Å². The summed E-state index contributed by atoms with van der Waals surface area (Å²) in [6.45, 7) is 4.00. The fourth-order valence-electron chi connectivity index (χ4n) is 5.77. The smallest absolute Gasteiger partial charge is 0.249 e. The van der Waals surface area contributed by atoms with Gasteiger partial charge in [-0.05, 0) is 51.4 Å². The Hall–Kier alpha value is -1.21. The van der Waals surface area contributed by atoms with Crippen LogP contribution in [0.25, 0.3) is 0 Å². The third-order valence-corrected chi connectivity index (χ3v) is 8.89. The van der Waals surface area contributed by atoms with Crippen LogP contribution in [0.5, 0.6) is 0 Å². The minimum absolute atomic E-state index is 0.363. The summed E-state index contributed by atoms with van der Waals surface area (Å²) < 4.78 is 0. The second kappa shape index (κ2) is 34.1. The van der Waals surface area contributed by atoms with Gasteiger partial charge in [-0.3, -0.25) is 4.79 Å². The van der Waals surface area contributed by atoms with Crippen molar-refractivity contribution in [1.82, 2.24) is 5.32 Å². The molecule has 0 spiro atoms. The first-order valence-corrected chi connectivity index (χ1v) is 19.2. The number of nitrogens with one attached hydrogen (secondary N) is 1. The molecule has 1 amide bonds. The number of carbonyl (C=O) groups is 1. The van der Waals surface area contributed by atoms with E-state index >= 15 is 0 Å². The summed E-state index contributed by atoms with van der Waals surface area (Å²) >= 11 is 0. The van der Waals surface area contributed by atoms with Crippen molar-refractivity contribution < 1.29 is 25.2 Å². The predicted octanol–water partition coefficient (Wildman–Crippen LogP) is 9.23. The molecule has 0 bridgehead atoms. The van der Waals surface area contributed by atoms with Crippen LogP contribution < -0.4 is 5.32 Å². The first-order chi connectivity index (χ1) is 22.0. The van der Waals surface area contributed by atoms with E-state index in [0.717, 1.165) is 44.9 Å². The third kappa shape index (κ3) is 28.7. The van der Waals surface area contributed by atoms with Gasteiger partial charge in [-0.25, -0.2) is 0 Å². The highest BCUT2D eigenvalue weighted by Gasteiger charge is 2.28. The monoisotopic (exact) mass is 638 g/mol. The Bertz CT molecular complexity index is 682. The SMILES string of the molecule is CCCCCC/C=C/CC/C=C/CCCC(O)C(O)C(CO)NC(=O)C(O)CCCCCCCCCCCCCCCCCC. The van der Waals surface area contributed by atoms with Crippen LogP contribution in [0.15, 0.2) is 24.3 Å². The van der Waals surface area contributed by atoms with Gasteiger partial charge in [0.1, 0.15) is 12.2 Å². The lowest BCUT2D eigenvalue weighted by atomic mass is 10.00. The second-order valence-electron chi connectivity index (χ2n) is 13.3. The molecule has 0 saturated heterocycles. The van der Waals surface area contributed by atoms with Crippen molar-refractivity contribution in [3.63, 3.8) is 0 Å². The van der Waals surface area contributed by atoms with Gasteiger partial charge < -0.3 is 25.7 Å². The fourth-order valence-corrected chi connectivity index (χ4v) is 5.77. The number of aliphatic hydroxyl groups excluding tert-OH is 4. The summed E-state index contributed by atoms with van der Waals surface area (Å²) in [6, 6.07) is -1.00. The first-order valence-electron chi connectivity index (χ1n) is 19.2. The quantitative estimate of drug-likeness (QED) is 0.0357. The molecule has 0 aliphatic rings. The molecule has 45 heavy (non-hydrogen) atoms. The number of carbonyl (C=O) groups excluding carboxylic acids is 1. The molecular formula is C39H75NO5. The number of unbranched alkanes of at least 4 members (excludes halogenated alkanes) is 21. The van der Waals surface area contributed by atoms with Crippen LogP contribution >= 0.6 is 0 Å². The van der Waals surface area contributed by atoms with Gasteiger partial charge in [-0.2, -0.15) is 0 Å². The van der Waals surface area contributed by atoms with Gasteiger partial charge >= 0.3 is 0 Å². The minimum Gasteiger partial charge on any atom is -0.394 e. The van der Waals surface area contributed by atoms with E-state index < -0.39 is 36.9 Å². The fraction of sp³-hybridized carbons (Fsp3) is 0.872. The average molecular weight is 638 g/mol. The Morgan fingerprint density at radius 1 is 0.533 bits per heavy atom. The van der Waals surface area contributed by atoms with Gasteiger partial charge in [-0.1, -0.05) is 160 Å². The lowest BCUT2D eigenvalue weighted by Gasteiger charge is -2.27. The summed E-state index contributed by atoms with van der Waals surface area (Å²) in [6.07, 6.45) is 36.3. The van der Waals surface area contributed by atoms with Crippen LogP contribution in [0.2, 0.25) is 0 Å². The van der Waals surface area contributed by atoms with Gasteiger partial charge in [0.05, 0.1) is 18.8 Å². The Labute approximate surface area is 278 Å². The lowest BCUT2D eigenvalue weighted by molar-refractivity contribution is -0.132. The lowest BCUT2D eigenvalue weighted by Crippen LogP contribution is -2.53. The van der Waals surface area contributed by atoms with Crippen LogP contribution in [-0.4, -0.2) is 57.3 Å². The van der Waals surface area contributed by atoms with Crippen molar-refractivity contribution in [2.24, 2.45) is 0 Å². The predicted molar refractivity (Wildman–Crippen MR) is 191 cm³/mol. The molecule has 0 aromatic carbocycles. The maximum absolute atomic E-state index is 12.4. The number of aliphatic hydroxyl groups is 4. The maximum atomic E-state index is 12.4. The zero-order valence-corrected chi connectivity index (χ0v) is 29.6. The number of hydrogen-bond donors (Lipinski definition) is 5. The van der Waals surface area contributed by atoms with E-state index in [1.54, 1.807) is 0 Å². The van der Waals surface area contributed by atoms with Crippen LogP contribution in [0, 0.1) is 0 Å². The topological polar surface area (TPSA) is 110 Å². The Morgan fingerprint density at radius 2 is 0.933 bits per heavy atom. The Balaban J connectivity index is 3.84.